The van der Waals surface area contributed by atoms with Crippen molar-refractivity contribution in [2.75, 3.05) is 19.6 Å². The summed E-state index contributed by atoms with van der Waals surface area (Å²) in [4.78, 5) is 39.1. The van der Waals surface area contributed by atoms with E-state index in [1.165, 1.54) is 9.80 Å². The number of carboxylic acids is 1. The van der Waals surface area contributed by atoms with Crippen molar-refractivity contribution in [3.8, 4) is 0 Å². The number of aliphatic hydroxyl groups is 1. The molecule has 0 aliphatic carbocycles. The smallest absolute Gasteiger partial charge is 0.326 e. The summed E-state index contributed by atoms with van der Waals surface area (Å²) in [6.07, 6.45) is 1.31. The number of carbonyl (C=O) groups excluding carboxylic acids is 2. The molecule has 2 rings (SSSR count). The van der Waals surface area contributed by atoms with E-state index < -0.39 is 42.0 Å². The highest BCUT2D eigenvalue weighted by Gasteiger charge is 2.45. The van der Waals surface area contributed by atoms with Gasteiger partial charge in [0.1, 0.15) is 12.1 Å². The quantitative estimate of drug-likeness (QED) is 0.440. The third-order valence-electron chi connectivity index (χ3n) is 4.70. The molecule has 0 aromatic carbocycles. The SMILES string of the molecule is NCCC[C@H](N)C(=O)N1C[C@H](O)C[C@H]1C(=O)N1CCC[C@H]1C(=O)O. The van der Waals surface area contributed by atoms with E-state index in [4.69, 9.17) is 11.5 Å². The zero-order valence-corrected chi connectivity index (χ0v) is 13.6. The summed E-state index contributed by atoms with van der Waals surface area (Å²) in [5.41, 5.74) is 11.3. The molecule has 24 heavy (non-hydrogen) atoms. The van der Waals surface area contributed by atoms with Gasteiger partial charge in [-0.1, -0.05) is 0 Å². The highest BCUT2D eigenvalue weighted by Crippen LogP contribution is 2.26. The van der Waals surface area contributed by atoms with Gasteiger partial charge in [-0.05, 0) is 32.2 Å². The minimum atomic E-state index is -1.04. The zero-order chi connectivity index (χ0) is 17.9. The lowest BCUT2D eigenvalue weighted by atomic mass is 10.1. The van der Waals surface area contributed by atoms with Gasteiger partial charge in [0.2, 0.25) is 11.8 Å². The maximum absolute atomic E-state index is 12.8. The van der Waals surface area contributed by atoms with Crippen molar-refractivity contribution in [3.63, 3.8) is 0 Å². The summed E-state index contributed by atoms with van der Waals surface area (Å²) in [5.74, 6) is -1.86. The maximum atomic E-state index is 12.8. The lowest BCUT2D eigenvalue weighted by Gasteiger charge is -2.31. The van der Waals surface area contributed by atoms with E-state index in [0.717, 1.165) is 0 Å². The number of aliphatic hydroxyl groups excluding tert-OH is 1. The number of rotatable bonds is 6. The molecule has 2 saturated heterocycles. The molecule has 2 amide bonds. The molecule has 0 aromatic rings. The third kappa shape index (κ3) is 3.85. The molecule has 9 nitrogen and oxygen atoms in total. The van der Waals surface area contributed by atoms with E-state index in [9.17, 15) is 24.6 Å². The van der Waals surface area contributed by atoms with Crippen LogP contribution in [-0.2, 0) is 14.4 Å². The highest BCUT2D eigenvalue weighted by atomic mass is 16.4. The Labute approximate surface area is 140 Å². The molecule has 2 aliphatic heterocycles. The Morgan fingerprint density at radius 3 is 2.54 bits per heavy atom. The summed E-state index contributed by atoms with van der Waals surface area (Å²) < 4.78 is 0. The topological polar surface area (TPSA) is 150 Å². The second kappa shape index (κ2) is 7.91. The van der Waals surface area contributed by atoms with Crippen molar-refractivity contribution in [3.05, 3.63) is 0 Å². The largest absolute Gasteiger partial charge is 0.480 e. The fraction of sp³-hybridized carbons (Fsp3) is 0.800. The number of amides is 2. The molecule has 2 aliphatic rings. The number of hydrogen-bond acceptors (Lipinski definition) is 6. The van der Waals surface area contributed by atoms with Gasteiger partial charge in [0.15, 0.2) is 0 Å². The molecular weight excluding hydrogens is 316 g/mol. The average molecular weight is 342 g/mol. The molecule has 0 aromatic heterocycles. The Hall–Kier alpha value is -1.71. The lowest BCUT2D eigenvalue weighted by Crippen LogP contribution is -2.54. The van der Waals surface area contributed by atoms with Gasteiger partial charge in [-0.3, -0.25) is 9.59 Å². The van der Waals surface area contributed by atoms with Crippen LogP contribution < -0.4 is 11.5 Å². The van der Waals surface area contributed by atoms with Gasteiger partial charge >= 0.3 is 5.97 Å². The first-order valence-corrected chi connectivity index (χ1v) is 8.34. The number of carbonyl (C=O) groups is 3. The molecule has 0 unspecified atom stereocenters. The lowest BCUT2D eigenvalue weighted by molar-refractivity contribution is -0.152. The van der Waals surface area contributed by atoms with Crippen molar-refractivity contribution < 1.29 is 24.6 Å². The Morgan fingerprint density at radius 1 is 1.21 bits per heavy atom. The first-order chi connectivity index (χ1) is 11.4. The van der Waals surface area contributed by atoms with Crippen LogP contribution in [0.2, 0.25) is 0 Å². The minimum Gasteiger partial charge on any atom is -0.480 e. The molecule has 2 heterocycles. The number of hydrogen-bond donors (Lipinski definition) is 4. The average Bonchev–Trinajstić information content (AvgIpc) is 3.17. The van der Waals surface area contributed by atoms with E-state index in [0.29, 0.717) is 38.8 Å². The van der Waals surface area contributed by atoms with Crippen molar-refractivity contribution in [2.24, 2.45) is 11.5 Å². The highest BCUT2D eigenvalue weighted by molar-refractivity contribution is 5.92. The van der Waals surface area contributed by atoms with Crippen LogP contribution in [0.1, 0.15) is 32.1 Å². The van der Waals surface area contributed by atoms with Crippen LogP contribution in [0.3, 0.4) is 0 Å². The summed E-state index contributed by atoms with van der Waals surface area (Å²) >= 11 is 0. The number of nitrogens with zero attached hydrogens (tertiary/aromatic N) is 2. The number of β-amino-alcohol motifs (C(OH)–C–C–N with tert-alkyl or cyclic N) is 1. The monoisotopic (exact) mass is 342 g/mol. The molecule has 0 radical (unpaired) electrons. The van der Waals surface area contributed by atoms with Gasteiger partial charge in [0, 0.05) is 19.5 Å². The van der Waals surface area contributed by atoms with Crippen molar-refractivity contribution in [2.45, 2.75) is 56.3 Å². The number of carboxylic acid groups (broad SMARTS) is 1. The van der Waals surface area contributed by atoms with Gasteiger partial charge in [-0.25, -0.2) is 4.79 Å². The van der Waals surface area contributed by atoms with Crippen LogP contribution in [0, 0.1) is 0 Å². The molecule has 6 N–H and O–H groups in total. The summed E-state index contributed by atoms with van der Waals surface area (Å²) in [7, 11) is 0. The second-order valence-corrected chi connectivity index (χ2v) is 6.46. The van der Waals surface area contributed by atoms with Crippen LogP contribution in [0.4, 0.5) is 0 Å². The molecule has 0 spiro atoms. The first-order valence-electron chi connectivity index (χ1n) is 8.34. The normalized spacial score (nSPS) is 28.2. The number of aliphatic carboxylic acids is 1. The van der Waals surface area contributed by atoms with Crippen molar-refractivity contribution in [1.29, 1.82) is 0 Å². The van der Waals surface area contributed by atoms with E-state index in [-0.39, 0.29) is 13.0 Å². The molecular formula is C15H26N4O5. The fourth-order valence-corrected chi connectivity index (χ4v) is 3.44. The molecule has 2 fully saturated rings. The second-order valence-electron chi connectivity index (χ2n) is 6.46. The van der Waals surface area contributed by atoms with Crippen LogP contribution >= 0.6 is 0 Å². The van der Waals surface area contributed by atoms with Crippen LogP contribution in [0.5, 0.6) is 0 Å². The number of nitrogens with two attached hydrogens (primary N) is 2. The Balaban J connectivity index is 2.10. The molecule has 136 valence electrons. The molecule has 0 bridgehead atoms. The van der Waals surface area contributed by atoms with Gasteiger partial charge in [-0.15, -0.1) is 0 Å². The van der Waals surface area contributed by atoms with E-state index in [1.54, 1.807) is 0 Å². The van der Waals surface area contributed by atoms with Gasteiger partial charge < -0.3 is 31.5 Å². The minimum absolute atomic E-state index is 0.0388. The fourth-order valence-electron chi connectivity index (χ4n) is 3.44. The molecule has 0 saturated carbocycles. The van der Waals surface area contributed by atoms with Gasteiger partial charge in [-0.2, -0.15) is 0 Å². The predicted octanol–water partition coefficient (Wildman–Crippen LogP) is -1.91. The van der Waals surface area contributed by atoms with Crippen LogP contribution in [0.25, 0.3) is 0 Å². The van der Waals surface area contributed by atoms with E-state index >= 15 is 0 Å². The Morgan fingerprint density at radius 2 is 1.92 bits per heavy atom. The summed E-state index contributed by atoms with van der Waals surface area (Å²) in [5, 5.41) is 19.1. The Bertz CT molecular complexity index is 500. The number of likely N-dealkylation sites (tertiary alicyclic amines) is 2. The van der Waals surface area contributed by atoms with Crippen LogP contribution in [-0.4, -0.2) is 81.7 Å². The standard InChI is InChI=1S/C15H26N4O5/c16-5-1-3-10(17)13(21)19-8-9(20)7-12(19)14(22)18-6-2-4-11(18)15(23)24/h9-12,20H,1-8,16-17H2,(H,23,24)/t9-,10+,11+,12+/m1/s1. The van der Waals surface area contributed by atoms with Gasteiger partial charge in [0.25, 0.3) is 0 Å². The zero-order valence-electron chi connectivity index (χ0n) is 13.6. The maximum Gasteiger partial charge on any atom is 0.326 e. The molecule has 9 heteroatoms. The summed E-state index contributed by atoms with van der Waals surface area (Å²) in [6.45, 7) is 0.806. The third-order valence-corrected chi connectivity index (χ3v) is 4.70. The summed E-state index contributed by atoms with van der Waals surface area (Å²) in [6, 6.07) is -2.49. The van der Waals surface area contributed by atoms with Gasteiger partial charge in [0.05, 0.1) is 12.1 Å². The van der Waals surface area contributed by atoms with Crippen molar-refractivity contribution >= 4 is 17.8 Å². The van der Waals surface area contributed by atoms with E-state index in [1.807, 2.05) is 0 Å². The predicted molar refractivity (Wildman–Crippen MR) is 84.8 cm³/mol. The molecule has 4 atom stereocenters. The van der Waals surface area contributed by atoms with Crippen LogP contribution in [0.15, 0.2) is 0 Å². The first kappa shape index (κ1) is 18.6. The van der Waals surface area contributed by atoms with E-state index in [2.05, 4.69) is 0 Å². The Kier molecular flexibility index (Phi) is 6.14. The van der Waals surface area contributed by atoms with Crippen molar-refractivity contribution in [1.82, 2.24) is 9.80 Å².